The predicted octanol–water partition coefficient (Wildman–Crippen LogP) is 2.46. The number of rotatable bonds is 4. The van der Waals surface area contributed by atoms with E-state index in [9.17, 15) is 9.59 Å². The van der Waals surface area contributed by atoms with E-state index in [0.29, 0.717) is 25.3 Å². The van der Waals surface area contributed by atoms with Crippen LogP contribution in [0.25, 0.3) is 0 Å². The summed E-state index contributed by atoms with van der Waals surface area (Å²) in [4.78, 5) is 27.1. The Morgan fingerprint density at radius 3 is 2.87 bits per heavy atom. The Kier molecular flexibility index (Phi) is 7.33. The van der Waals surface area contributed by atoms with Crippen molar-refractivity contribution in [2.45, 2.75) is 32.7 Å². The summed E-state index contributed by atoms with van der Waals surface area (Å²) in [7, 11) is 0. The average molecular weight is 433 g/mol. The van der Waals surface area contributed by atoms with Crippen molar-refractivity contribution < 1.29 is 9.59 Å². The quantitative estimate of drug-likeness (QED) is 0.596. The van der Waals surface area contributed by atoms with Crippen molar-refractivity contribution >= 4 is 30.0 Å². The number of benzene rings is 1. The Morgan fingerprint density at radius 2 is 2.07 bits per heavy atom. The lowest BCUT2D eigenvalue weighted by Gasteiger charge is -2.32. The van der Waals surface area contributed by atoms with Crippen molar-refractivity contribution in [1.29, 1.82) is 0 Å². The molecular weight excluding hydrogens is 404 g/mol. The highest BCUT2D eigenvalue weighted by Crippen LogP contribution is 2.21. The number of amides is 3. The molecule has 8 nitrogen and oxygen atoms in total. The Labute approximate surface area is 182 Å². The van der Waals surface area contributed by atoms with Gasteiger partial charge >= 0.3 is 6.03 Å². The molecule has 0 spiro atoms. The zero-order chi connectivity index (χ0) is 20.2. The van der Waals surface area contributed by atoms with E-state index in [-0.39, 0.29) is 30.3 Å². The highest BCUT2D eigenvalue weighted by molar-refractivity contribution is 5.94. The van der Waals surface area contributed by atoms with Crippen LogP contribution in [0.5, 0.6) is 0 Å². The molecule has 1 saturated heterocycles. The monoisotopic (exact) mass is 432 g/mol. The average Bonchev–Trinajstić information content (AvgIpc) is 3.18. The van der Waals surface area contributed by atoms with Crippen molar-refractivity contribution in [2.24, 2.45) is 5.92 Å². The number of anilines is 1. The van der Waals surface area contributed by atoms with Crippen LogP contribution in [0.15, 0.2) is 24.3 Å². The van der Waals surface area contributed by atoms with Crippen LogP contribution in [0.1, 0.15) is 40.2 Å². The van der Waals surface area contributed by atoms with Crippen LogP contribution in [-0.4, -0.2) is 53.2 Å². The third kappa shape index (κ3) is 5.12. The summed E-state index contributed by atoms with van der Waals surface area (Å²) >= 11 is 0. The molecule has 0 radical (unpaired) electrons. The molecule has 1 fully saturated rings. The van der Waals surface area contributed by atoms with Gasteiger partial charge in [0, 0.05) is 56.1 Å². The Bertz CT molecular complexity index is 882. The van der Waals surface area contributed by atoms with Crippen LogP contribution in [-0.2, 0) is 13.0 Å². The zero-order valence-corrected chi connectivity index (χ0v) is 18.0. The number of carbonyl (C=O) groups excluding carboxylic acids is 2. The molecule has 1 unspecified atom stereocenters. The maximum Gasteiger partial charge on any atom is 0.319 e. The van der Waals surface area contributed by atoms with E-state index in [0.717, 1.165) is 54.9 Å². The van der Waals surface area contributed by atoms with Crippen LogP contribution >= 0.6 is 12.4 Å². The lowest BCUT2D eigenvalue weighted by Crippen LogP contribution is -2.44. The van der Waals surface area contributed by atoms with Crippen molar-refractivity contribution in [1.82, 2.24) is 25.7 Å². The van der Waals surface area contributed by atoms with Gasteiger partial charge in [-0.3, -0.25) is 9.89 Å². The second kappa shape index (κ2) is 9.95. The number of hydrogen-bond donors (Lipinski definition) is 4. The molecule has 1 atom stereocenters. The van der Waals surface area contributed by atoms with E-state index in [1.807, 2.05) is 36.1 Å². The molecule has 30 heavy (non-hydrogen) atoms. The molecule has 1 aromatic heterocycles. The van der Waals surface area contributed by atoms with Crippen molar-refractivity contribution in [3.05, 3.63) is 46.8 Å². The van der Waals surface area contributed by atoms with Gasteiger partial charge in [0.2, 0.25) is 0 Å². The van der Waals surface area contributed by atoms with Crippen molar-refractivity contribution in [2.75, 3.05) is 31.5 Å². The summed E-state index contributed by atoms with van der Waals surface area (Å²) in [6, 6.07) is 7.47. The first-order chi connectivity index (χ1) is 14.1. The SMILES string of the molecule is Cc1ccc(NC(=O)NCC2CCCN(C(=O)c3n[nH]c4c3CNCC4)C2)cc1.Cl. The number of likely N-dealkylation sites (tertiary alicyclic amines) is 1. The lowest BCUT2D eigenvalue weighted by atomic mass is 9.97. The van der Waals surface area contributed by atoms with Crippen LogP contribution in [0, 0.1) is 12.8 Å². The second-order valence-corrected chi connectivity index (χ2v) is 7.92. The largest absolute Gasteiger partial charge is 0.338 e. The number of aromatic nitrogens is 2. The first-order valence-corrected chi connectivity index (χ1v) is 10.3. The maximum absolute atomic E-state index is 13.0. The van der Waals surface area contributed by atoms with E-state index >= 15 is 0 Å². The highest BCUT2D eigenvalue weighted by atomic mass is 35.5. The molecule has 0 saturated carbocycles. The third-order valence-electron chi connectivity index (χ3n) is 5.68. The summed E-state index contributed by atoms with van der Waals surface area (Å²) < 4.78 is 0. The molecule has 3 heterocycles. The smallest absolute Gasteiger partial charge is 0.319 e. The standard InChI is InChI=1S/C21H28N6O2.ClH/c1-14-4-6-16(7-5-14)24-21(29)23-11-15-3-2-10-27(13-15)20(28)19-17-12-22-9-8-18(17)25-26-19;/h4-7,15,22H,2-3,8-13H2,1H3,(H,25,26)(H2,23,24,29);1H. The van der Waals surface area contributed by atoms with E-state index < -0.39 is 0 Å². The van der Waals surface area contributed by atoms with E-state index in [1.54, 1.807) is 0 Å². The fourth-order valence-electron chi connectivity index (χ4n) is 4.02. The number of H-pyrrole nitrogens is 1. The van der Waals surface area contributed by atoms with Crippen molar-refractivity contribution in [3.63, 3.8) is 0 Å². The molecule has 2 aromatic rings. The van der Waals surface area contributed by atoms with E-state index in [1.165, 1.54) is 0 Å². The molecule has 162 valence electrons. The molecule has 1 aromatic carbocycles. The van der Waals surface area contributed by atoms with Gasteiger partial charge in [-0.25, -0.2) is 4.79 Å². The molecule has 4 N–H and O–H groups in total. The summed E-state index contributed by atoms with van der Waals surface area (Å²) in [6.07, 6.45) is 2.80. The second-order valence-electron chi connectivity index (χ2n) is 7.92. The van der Waals surface area contributed by atoms with Gasteiger partial charge in [0.1, 0.15) is 0 Å². The number of halogens is 1. The molecule has 9 heteroatoms. The summed E-state index contributed by atoms with van der Waals surface area (Å²) in [5, 5.41) is 16.4. The predicted molar refractivity (Wildman–Crippen MR) is 118 cm³/mol. The number of carbonyl (C=O) groups is 2. The lowest BCUT2D eigenvalue weighted by molar-refractivity contribution is 0.0667. The number of fused-ring (bicyclic) bond motifs is 1. The molecule has 2 aliphatic heterocycles. The van der Waals surface area contributed by atoms with Gasteiger partial charge in [-0.15, -0.1) is 12.4 Å². The van der Waals surface area contributed by atoms with Crippen molar-refractivity contribution in [3.8, 4) is 0 Å². The fraction of sp³-hybridized carbons (Fsp3) is 0.476. The number of nitrogens with zero attached hydrogens (tertiary/aromatic N) is 2. The van der Waals surface area contributed by atoms with Crippen LogP contribution in [0.3, 0.4) is 0 Å². The number of hydrogen-bond acceptors (Lipinski definition) is 4. The maximum atomic E-state index is 13.0. The molecule has 0 bridgehead atoms. The molecule has 4 rings (SSSR count). The van der Waals surface area contributed by atoms with Crippen LogP contribution in [0.4, 0.5) is 10.5 Å². The summed E-state index contributed by atoms with van der Waals surface area (Å²) in [5.41, 5.74) is 4.52. The zero-order valence-electron chi connectivity index (χ0n) is 17.2. The Balaban J connectivity index is 0.00000256. The number of aryl methyl sites for hydroxylation is 1. The molecule has 2 aliphatic rings. The number of piperidine rings is 1. The van der Waals surface area contributed by atoms with Gasteiger partial charge in [0.05, 0.1) is 0 Å². The highest BCUT2D eigenvalue weighted by Gasteiger charge is 2.29. The minimum Gasteiger partial charge on any atom is -0.338 e. The normalized spacial score (nSPS) is 18.2. The minimum atomic E-state index is -0.218. The van der Waals surface area contributed by atoms with E-state index in [4.69, 9.17) is 0 Å². The molecule has 3 amide bonds. The Hall–Kier alpha value is -2.58. The summed E-state index contributed by atoms with van der Waals surface area (Å²) in [5.74, 6) is 0.226. The van der Waals surface area contributed by atoms with Crippen LogP contribution in [0.2, 0.25) is 0 Å². The van der Waals surface area contributed by atoms with Gasteiger partial charge in [0.25, 0.3) is 5.91 Å². The first kappa shape index (κ1) is 22.1. The van der Waals surface area contributed by atoms with Gasteiger partial charge in [-0.05, 0) is 37.8 Å². The number of urea groups is 1. The van der Waals surface area contributed by atoms with Gasteiger partial charge in [-0.2, -0.15) is 5.10 Å². The number of aromatic amines is 1. The fourth-order valence-corrected chi connectivity index (χ4v) is 4.02. The van der Waals surface area contributed by atoms with Gasteiger partial charge in [-0.1, -0.05) is 17.7 Å². The van der Waals surface area contributed by atoms with Crippen LogP contribution < -0.4 is 16.0 Å². The molecule has 0 aliphatic carbocycles. The van der Waals surface area contributed by atoms with Gasteiger partial charge in [0.15, 0.2) is 5.69 Å². The van der Waals surface area contributed by atoms with E-state index in [2.05, 4.69) is 26.1 Å². The molecular formula is C21H29ClN6O2. The topological polar surface area (TPSA) is 102 Å². The Morgan fingerprint density at radius 1 is 1.27 bits per heavy atom. The summed E-state index contributed by atoms with van der Waals surface area (Å²) in [6.45, 7) is 5.52. The number of nitrogens with one attached hydrogen (secondary N) is 4. The third-order valence-corrected chi connectivity index (χ3v) is 5.68. The van der Waals surface area contributed by atoms with Gasteiger partial charge < -0.3 is 20.9 Å². The first-order valence-electron chi connectivity index (χ1n) is 10.3. The minimum absolute atomic E-state index is 0.